The number of nitrogens with one attached hydrogen (secondary N) is 1. The molecule has 0 amide bonds. The van der Waals surface area contributed by atoms with Crippen LogP contribution in [0.1, 0.15) is 29.9 Å². The van der Waals surface area contributed by atoms with Crippen molar-refractivity contribution in [2.24, 2.45) is 7.05 Å². The maximum Gasteiger partial charge on any atom is 0.141 e. The highest BCUT2D eigenvalue weighted by Gasteiger charge is 2.17. The summed E-state index contributed by atoms with van der Waals surface area (Å²) in [7, 11) is 3.66. The molecular formula is C15H22N4O. The highest BCUT2D eigenvalue weighted by atomic mass is 16.5. The Morgan fingerprint density at radius 2 is 2.25 bits per heavy atom. The molecule has 2 aromatic rings. The zero-order chi connectivity index (χ0) is 14.5. The van der Waals surface area contributed by atoms with Crippen LogP contribution >= 0.6 is 0 Å². The molecule has 0 aliphatic heterocycles. The van der Waals surface area contributed by atoms with E-state index in [0.717, 1.165) is 30.0 Å². The van der Waals surface area contributed by atoms with E-state index in [9.17, 15) is 0 Å². The van der Waals surface area contributed by atoms with Gasteiger partial charge in [-0.1, -0.05) is 6.92 Å². The minimum Gasteiger partial charge on any atom is -0.495 e. The van der Waals surface area contributed by atoms with E-state index in [1.54, 1.807) is 19.5 Å². The normalized spacial score (nSPS) is 12.4. The van der Waals surface area contributed by atoms with Crippen LogP contribution in [-0.4, -0.2) is 28.4 Å². The zero-order valence-corrected chi connectivity index (χ0v) is 12.6. The lowest BCUT2D eigenvalue weighted by Crippen LogP contribution is -2.24. The molecule has 0 aliphatic carbocycles. The van der Waals surface area contributed by atoms with Crippen LogP contribution in [0.25, 0.3) is 0 Å². The first-order chi connectivity index (χ1) is 9.65. The lowest BCUT2D eigenvalue weighted by molar-refractivity contribution is 0.396. The van der Waals surface area contributed by atoms with Crippen LogP contribution in [-0.2, 0) is 13.5 Å². The number of pyridine rings is 1. The minimum atomic E-state index is 0.188. The van der Waals surface area contributed by atoms with E-state index in [2.05, 4.69) is 28.4 Å². The van der Waals surface area contributed by atoms with Gasteiger partial charge >= 0.3 is 0 Å². The number of hydrogen-bond acceptors (Lipinski definition) is 4. The molecule has 1 N–H and O–H groups in total. The van der Waals surface area contributed by atoms with Crippen LogP contribution in [0.4, 0.5) is 0 Å². The van der Waals surface area contributed by atoms with E-state index in [0.29, 0.717) is 0 Å². The monoisotopic (exact) mass is 274 g/mol. The Kier molecular flexibility index (Phi) is 4.74. The summed E-state index contributed by atoms with van der Waals surface area (Å²) in [5, 5.41) is 7.92. The fourth-order valence-corrected chi connectivity index (χ4v) is 2.45. The number of aryl methyl sites for hydroxylation is 2. The molecule has 0 saturated heterocycles. The fourth-order valence-electron chi connectivity index (χ4n) is 2.45. The molecule has 1 unspecified atom stereocenters. The Balaban J connectivity index is 2.29. The lowest BCUT2D eigenvalue weighted by atomic mass is 10.0. The van der Waals surface area contributed by atoms with Crippen molar-refractivity contribution in [1.29, 1.82) is 0 Å². The Morgan fingerprint density at radius 1 is 1.45 bits per heavy atom. The van der Waals surface area contributed by atoms with Crippen LogP contribution in [0.2, 0.25) is 0 Å². The van der Waals surface area contributed by atoms with Gasteiger partial charge in [-0.25, -0.2) is 0 Å². The van der Waals surface area contributed by atoms with Crippen LogP contribution < -0.4 is 10.1 Å². The summed E-state index contributed by atoms with van der Waals surface area (Å²) in [6, 6.07) is 4.32. The quantitative estimate of drug-likeness (QED) is 0.875. The van der Waals surface area contributed by atoms with Gasteiger partial charge in [-0.3, -0.25) is 9.67 Å². The Morgan fingerprint density at radius 3 is 2.85 bits per heavy atom. The number of methoxy groups -OCH3 is 1. The lowest BCUT2D eigenvalue weighted by Gasteiger charge is -2.20. The van der Waals surface area contributed by atoms with E-state index in [-0.39, 0.29) is 6.04 Å². The highest BCUT2D eigenvalue weighted by Crippen LogP contribution is 2.26. The minimum absolute atomic E-state index is 0.188. The number of nitrogens with zero attached hydrogens (tertiary/aromatic N) is 3. The first-order valence-corrected chi connectivity index (χ1v) is 6.86. The van der Waals surface area contributed by atoms with Crippen molar-refractivity contribution in [2.75, 3.05) is 13.7 Å². The summed E-state index contributed by atoms with van der Waals surface area (Å²) in [5.74, 6) is 0.817. The maximum atomic E-state index is 5.42. The third-order valence-electron chi connectivity index (χ3n) is 3.37. The van der Waals surface area contributed by atoms with Gasteiger partial charge in [0.15, 0.2) is 0 Å². The van der Waals surface area contributed by atoms with Gasteiger partial charge in [0, 0.05) is 37.0 Å². The molecule has 20 heavy (non-hydrogen) atoms. The SMILES string of the molecule is CCNC(Cc1cc(C)nn1C)c1ccncc1OC. The maximum absolute atomic E-state index is 5.42. The van der Waals surface area contributed by atoms with Crippen molar-refractivity contribution in [1.82, 2.24) is 20.1 Å². The number of rotatable bonds is 6. The van der Waals surface area contributed by atoms with E-state index in [1.807, 2.05) is 24.7 Å². The van der Waals surface area contributed by atoms with Crippen LogP contribution in [0.5, 0.6) is 5.75 Å². The summed E-state index contributed by atoms with van der Waals surface area (Å²) in [5.41, 5.74) is 3.37. The molecule has 2 heterocycles. The standard InChI is InChI=1S/C15H22N4O/c1-5-17-14(9-12-8-11(2)18-19(12)3)13-6-7-16-10-15(13)20-4/h6-8,10,14,17H,5,9H2,1-4H3. The summed E-state index contributed by atoms with van der Waals surface area (Å²) >= 11 is 0. The predicted octanol–water partition coefficient (Wildman–Crippen LogP) is 2.03. The van der Waals surface area contributed by atoms with Crippen LogP contribution in [0.3, 0.4) is 0 Å². The molecule has 0 bridgehead atoms. The third kappa shape index (κ3) is 3.17. The Labute approximate surface area is 120 Å². The van der Waals surface area contributed by atoms with Gasteiger partial charge in [-0.05, 0) is 25.6 Å². The van der Waals surface area contributed by atoms with Gasteiger partial charge in [0.2, 0.25) is 0 Å². The molecule has 2 rings (SSSR count). The molecule has 5 nitrogen and oxygen atoms in total. The molecule has 0 aromatic carbocycles. The fraction of sp³-hybridized carbons (Fsp3) is 0.467. The molecule has 0 fully saturated rings. The van der Waals surface area contributed by atoms with Crippen molar-refractivity contribution in [3.8, 4) is 5.75 Å². The van der Waals surface area contributed by atoms with Gasteiger partial charge in [-0.15, -0.1) is 0 Å². The van der Waals surface area contributed by atoms with Crippen molar-refractivity contribution >= 4 is 0 Å². The second-order valence-electron chi connectivity index (χ2n) is 4.83. The topological polar surface area (TPSA) is 52.0 Å². The van der Waals surface area contributed by atoms with Gasteiger partial charge in [0.05, 0.1) is 19.0 Å². The summed E-state index contributed by atoms with van der Waals surface area (Å²) in [6.45, 7) is 5.01. The van der Waals surface area contributed by atoms with Crippen molar-refractivity contribution in [3.05, 3.63) is 41.5 Å². The predicted molar refractivity (Wildman–Crippen MR) is 78.9 cm³/mol. The van der Waals surface area contributed by atoms with E-state index >= 15 is 0 Å². The van der Waals surface area contributed by atoms with Crippen LogP contribution in [0.15, 0.2) is 24.5 Å². The first kappa shape index (κ1) is 14.5. The number of aromatic nitrogens is 3. The zero-order valence-electron chi connectivity index (χ0n) is 12.6. The molecule has 108 valence electrons. The Bertz CT molecular complexity index is 565. The molecule has 0 aliphatic rings. The smallest absolute Gasteiger partial charge is 0.141 e. The number of ether oxygens (including phenoxy) is 1. The third-order valence-corrected chi connectivity index (χ3v) is 3.37. The summed E-state index contributed by atoms with van der Waals surface area (Å²) in [4.78, 5) is 4.12. The van der Waals surface area contributed by atoms with Gasteiger partial charge in [0.25, 0.3) is 0 Å². The highest BCUT2D eigenvalue weighted by molar-refractivity contribution is 5.33. The number of hydrogen-bond donors (Lipinski definition) is 1. The molecule has 5 heteroatoms. The number of likely N-dealkylation sites (N-methyl/N-ethyl adjacent to an activating group) is 1. The molecule has 0 radical (unpaired) electrons. The van der Waals surface area contributed by atoms with Gasteiger partial charge < -0.3 is 10.1 Å². The molecular weight excluding hydrogens is 252 g/mol. The summed E-state index contributed by atoms with van der Waals surface area (Å²) < 4.78 is 7.36. The molecule has 0 saturated carbocycles. The molecule has 0 spiro atoms. The van der Waals surface area contributed by atoms with Crippen LogP contribution in [0, 0.1) is 6.92 Å². The van der Waals surface area contributed by atoms with Gasteiger partial charge in [-0.2, -0.15) is 5.10 Å². The second-order valence-corrected chi connectivity index (χ2v) is 4.83. The van der Waals surface area contributed by atoms with Crippen molar-refractivity contribution < 1.29 is 4.74 Å². The van der Waals surface area contributed by atoms with Gasteiger partial charge in [0.1, 0.15) is 5.75 Å². The largest absolute Gasteiger partial charge is 0.495 e. The second kappa shape index (κ2) is 6.52. The average molecular weight is 274 g/mol. The first-order valence-electron chi connectivity index (χ1n) is 6.86. The van der Waals surface area contributed by atoms with E-state index in [1.165, 1.54) is 5.69 Å². The van der Waals surface area contributed by atoms with Crippen molar-refractivity contribution in [3.63, 3.8) is 0 Å². The van der Waals surface area contributed by atoms with Crippen molar-refractivity contribution in [2.45, 2.75) is 26.3 Å². The summed E-state index contributed by atoms with van der Waals surface area (Å²) in [6.07, 6.45) is 4.43. The van der Waals surface area contributed by atoms with E-state index < -0.39 is 0 Å². The molecule has 2 aromatic heterocycles. The Hall–Kier alpha value is -1.88. The average Bonchev–Trinajstić information content (AvgIpc) is 2.76. The molecule has 1 atom stereocenters. The van der Waals surface area contributed by atoms with E-state index in [4.69, 9.17) is 4.74 Å².